The number of benzene rings is 1. The van der Waals surface area contributed by atoms with Crippen LogP contribution in [0.3, 0.4) is 0 Å². The average molecular weight is 269 g/mol. The van der Waals surface area contributed by atoms with E-state index in [4.69, 9.17) is 11.6 Å². The lowest BCUT2D eigenvalue weighted by molar-refractivity contribution is 0.252. The van der Waals surface area contributed by atoms with Gasteiger partial charge in [-0.15, -0.1) is 11.6 Å². The Bertz CT molecular complexity index is 405. The van der Waals surface area contributed by atoms with Crippen LogP contribution in [0.2, 0.25) is 0 Å². The van der Waals surface area contributed by atoms with Crippen LogP contribution >= 0.6 is 11.6 Å². The molecule has 0 aromatic heterocycles. The molecule has 0 radical (unpaired) electrons. The summed E-state index contributed by atoms with van der Waals surface area (Å²) in [5, 5.41) is 5.62. The van der Waals surface area contributed by atoms with Crippen molar-refractivity contribution in [2.75, 3.05) is 17.7 Å². The molecule has 1 aromatic rings. The van der Waals surface area contributed by atoms with Crippen LogP contribution in [-0.2, 0) is 6.42 Å². The summed E-state index contributed by atoms with van der Waals surface area (Å²) in [6.45, 7) is 6.80. The first-order chi connectivity index (χ1) is 8.54. The first kappa shape index (κ1) is 14.8. The molecule has 2 N–H and O–H groups in total. The van der Waals surface area contributed by atoms with Gasteiger partial charge in [-0.1, -0.05) is 32.0 Å². The lowest BCUT2D eigenvalue weighted by Gasteiger charge is -2.15. The molecule has 100 valence electrons. The number of hydrogen-bond acceptors (Lipinski definition) is 1. The van der Waals surface area contributed by atoms with Gasteiger partial charge in [0.05, 0.1) is 0 Å². The molecule has 18 heavy (non-hydrogen) atoms. The maximum atomic E-state index is 11.7. The van der Waals surface area contributed by atoms with Gasteiger partial charge in [0.2, 0.25) is 0 Å². The normalized spacial score (nSPS) is 10.5. The fourth-order valence-corrected chi connectivity index (χ4v) is 1.93. The molecule has 0 bridgehead atoms. The van der Waals surface area contributed by atoms with Crippen molar-refractivity contribution in [2.45, 2.75) is 27.2 Å². The smallest absolute Gasteiger partial charge is 0.319 e. The Balaban J connectivity index is 2.82. The van der Waals surface area contributed by atoms with Crippen molar-refractivity contribution in [2.24, 2.45) is 5.92 Å². The summed E-state index contributed by atoms with van der Waals surface area (Å²) in [4.78, 5) is 11.7. The van der Waals surface area contributed by atoms with Crippen LogP contribution in [0.5, 0.6) is 0 Å². The molecule has 0 spiro atoms. The number of hydrogen-bond donors (Lipinski definition) is 2. The maximum absolute atomic E-state index is 11.7. The van der Waals surface area contributed by atoms with E-state index in [0.717, 1.165) is 17.7 Å². The van der Waals surface area contributed by atoms with Crippen molar-refractivity contribution in [3.05, 3.63) is 29.3 Å². The lowest BCUT2D eigenvalue weighted by atomic mass is 9.99. The highest BCUT2D eigenvalue weighted by Gasteiger charge is 2.10. The highest BCUT2D eigenvalue weighted by molar-refractivity contribution is 6.18. The zero-order valence-electron chi connectivity index (χ0n) is 11.2. The quantitative estimate of drug-likeness (QED) is 0.788. The van der Waals surface area contributed by atoms with E-state index in [9.17, 15) is 4.79 Å². The third kappa shape index (κ3) is 4.57. The number of halogens is 1. The summed E-state index contributed by atoms with van der Waals surface area (Å²) in [6, 6.07) is 5.88. The number of para-hydroxylation sites is 1. The van der Waals surface area contributed by atoms with Crippen LogP contribution < -0.4 is 10.6 Å². The van der Waals surface area contributed by atoms with Crippen molar-refractivity contribution in [1.29, 1.82) is 0 Å². The van der Waals surface area contributed by atoms with Crippen molar-refractivity contribution < 1.29 is 4.79 Å². The molecule has 0 unspecified atom stereocenters. The molecule has 0 saturated carbocycles. The second kappa shape index (κ2) is 7.27. The first-order valence-electron chi connectivity index (χ1n) is 6.24. The Hall–Kier alpha value is -1.22. The molecule has 0 heterocycles. The zero-order chi connectivity index (χ0) is 13.5. The molecule has 0 atom stereocenters. The predicted molar refractivity (Wildman–Crippen MR) is 77.5 cm³/mol. The number of nitrogens with one attached hydrogen (secondary N) is 2. The summed E-state index contributed by atoms with van der Waals surface area (Å²) in [6.07, 6.45) is 0.951. The van der Waals surface area contributed by atoms with Crippen LogP contribution in [0.1, 0.15) is 25.0 Å². The Kier molecular flexibility index (Phi) is 5.99. The van der Waals surface area contributed by atoms with Gasteiger partial charge in [0.1, 0.15) is 0 Å². The number of urea groups is 1. The summed E-state index contributed by atoms with van der Waals surface area (Å²) in [5.74, 6) is 0.971. The SMILES string of the molecule is Cc1cccc(CC(C)C)c1NC(=O)NCCCl. The van der Waals surface area contributed by atoms with Crippen LogP contribution in [0.15, 0.2) is 18.2 Å². The maximum Gasteiger partial charge on any atom is 0.319 e. The predicted octanol–water partition coefficient (Wildman–Crippen LogP) is 3.55. The van der Waals surface area contributed by atoms with E-state index in [1.165, 1.54) is 5.56 Å². The van der Waals surface area contributed by atoms with E-state index in [-0.39, 0.29) is 6.03 Å². The van der Waals surface area contributed by atoms with Gasteiger partial charge in [0.25, 0.3) is 0 Å². The van der Waals surface area contributed by atoms with E-state index in [2.05, 4.69) is 30.5 Å². The van der Waals surface area contributed by atoms with Crippen LogP contribution in [0, 0.1) is 12.8 Å². The van der Waals surface area contributed by atoms with Gasteiger partial charge in [0.15, 0.2) is 0 Å². The minimum Gasteiger partial charge on any atom is -0.337 e. The molecule has 4 heteroatoms. The van der Waals surface area contributed by atoms with E-state index in [1.54, 1.807) is 0 Å². The Morgan fingerprint density at radius 2 is 2.11 bits per heavy atom. The largest absolute Gasteiger partial charge is 0.337 e. The third-order valence-corrected chi connectivity index (χ3v) is 2.79. The molecular formula is C14H21ClN2O. The molecule has 0 saturated heterocycles. The van der Waals surface area contributed by atoms with E-state index >= 15 is 0 Å². The highest BCUT2D eigenvalue weighted by atomic mass is 35.5. The number of aryl methyl sites for hydroxylation is 1. The second-order valence-electron chi connectivity index (χ2n) is 4.78. The Morgan fingerprint density at radius 3 is 2.72 bits per heavy atom. The molecule has 0 aliphatic heterocycles. The van der Waals surface area contributed by atoms with Crippen molar-refractivity contribution in [3.8, 4) is 0 Å². The van der Waals surface area contributed by atoms with Gasteiger partial charge in [-0.05, 0) is 30.4 Å². The third-order valence-electron chi connectivity index (χ3n) is 2.61. The van der Waals surface area contributed by atoms with E-state index < -0.39 is 0 Å². The number of anilines is 1. The van der Waals surface area contributed by atoms with Crippen molar-refractivity contribution >= 4 is 23.3 Å². The minimum absolute atomic E-state index is 0.199. The number of carbonyl (C=O) groups is 1. The minimum atomic E-state index is -0.199. The molecule has 0 fully saturated rings. The summed E-state index contributed by atoms with van der Waals surface area (Å²) < 4.78 is 0. The summed E-state index contributed by atoms with van der Waals surface area (Å²) in [5.41, 5.74) is 3.17. The second-order valence-corrected chi connectivity index (χ2v) is 5.15. The van der Waals surface area contributed by atoms with Crippen molar-refractivity contribution in [1.82, 2.24) is 5.32 Å². The molecule has 1 aromatic carbocycles. The molecular weight excluding hydrogens is 248 g/mol. The summed E-state index contributed by atoms with van der Waals surface area (Å²) >= 11 is 5.54. The molecule has 2 amide bonds. The van der Waals surface area contributed by atoms with E-state index in [0.29, 0.717) is 18.3 Å². The number of carbonyl (C=O) groups excluding carboxylic acids is 1. The van der Waals surface area contributed by atoms with Crippen LogP contribution in [0.25, 0.3) is 0 Å². The van der Waals surface area contributed by atoms with Gasteiger partial charge in [-0.2, -0.15) is 0 Å². The highest BCUT2D eigenvalue weighted by Crippen LogP contribution is 2.23. The lowest BCUT2D eigenvalue weighted by Crippen LogP contribution is -2.30. The standard InChI is InChI=1S/C14H21ClN2O/c1-10(2)9-12-6-4-5-11(3)13(12)17-14(18)16-8-7-15/h4-6,10H,7-9H2,1-3H3,(H2,16,17,18). The fourth-order valence-electron chi connectivity index (χ4n) is 1.84. The molecule has 0 aliphatic carbocycles. The number of amides is 2. The van der Waals surface area contributed by atoms with Crippen LogP contribution in [-0.4, -0.2) is 18.5 Å². The van der Waals surface area contributed by atoms with Crippen LogP contribution in [0.4, 0.5) is 10.5 Å². The van der Waals surface area contributed by atoms with Gasteiger partial charge in [-0.3, -0.25) is 0 Å². The fraction of sp³-hybridized carbons (Fsp3) is 0.500. The first-order valence-corrected chi connectivity index (χ1v) is 6.77. The number of rotatable bonds is 5. The zero-order valence-corrected chi connectivity index (χ0v) is 12.0. The topological polar surface area (TPSA) is 41.1 Å². The van der Waals surface area contributed by atoms with Gasteiger partial charge >= 0.3 is 6.03 Å². The van der Waals surface area contributed by atoms with Gasteiger partial charge in [-0.25, -0.2) is 4.79 Å². The number of alkyl halides is 1. The monoisotopic (exact) mass is 268 g/mol. The van der Waals surface area contributed by atoms with Gasteiger partial charge in [0, 0.05) is 18.1 Å². The van der Waals surface area contributed by atoms with E-state index in [1.807, 2.05) is 19.1 Å². The molecule has 0 aliphatic rings. The Labute approximate surface area is 114 Å². The molecule has 1 rings (SSSR count). The summed E-state index contributed by atoms with van der Waals surface area (Å²) in [7, 11) is 0. The average Bonchev–Trinajstić information content (AvgIpc) is 2.30. The molecule has 3 nitrogen and oxygen atoms in total. The van der Waals surface area contributed by atoms with Crippen molar-refractivity contribution in [3.63, 3.8) is 0 Å². The Morgan fingerprint density at radius 1 is 1.39 bits per heavy atom. The van der Waals surface area contributed by atoms with Gasteiger partial charge < -0.3 is 10.6 Å².